The van der Waals surface area contributed by atoms with Crippen molar-refractivity contribution in [1.82, 2.24) is 5.10 Å². The molecule has 0 radical (unpaired) electrons. The normalized spacial score (nSPS) is 16.8. The quantitative estimate of drug-likeness (QED) is 0.641. The van der Waals surface area contributed by atoms with E-state index in [-0.39, 0.29) is 0 Å². The molecule has 0 saturated carbocycles. The average molecular weight is 165 g/mol. The van der Waals surface area contributed by atoms with Gasteiger partial charge in [-0.1, -0.05) is 0 Å². The molecule has 1 aliphatic heterocycles. The summed E-state index contributed by atoms with van der Waals surface area (Å²) < 4.78 is 0. The van der Waals surface area contributed by atoms with Crippen molar-refractivity contribution in [3.05, 3.63) is 12.3 Å². The van der Waals surface area contributed by atoms with Gasteiger partial charge in [-0.15, -0.1) is 5.10 Å². The van der Waals surface area contributed by atoms with Crippen molar-refractivity contribution in [3.63, 3.8) is 0 Å². The molecule has 0 aromatic carbocycles. The summed E-state index contributed by atoms with van der Waals surface area (Å²) in [5, 5.41) is 6.63. The Morgan fingerprint density at radius 3 is 2.83 bits per heavy atom. The van der Waals surface area contributed by atoms with Crippen molar-refractivity contribution in [2.75, 3.05) is 23.7 Å². The minimum atomic E-state index is 0.555. The maximum atomic E-state index is 5.56. The molecule has 4 nitrogen and oxygen atoms in total. The Labute approximate surface area is 71.4 Å². The first-order valence-corrected chi connectivity index (χ1v) is 4.25. The van der Waals surface area contributed by atoms with Crippen molar-refractivity contribution in [2.24, 2.45) is 0 Å². The molecule has 0 bridgehead atoms. The van der Waals surface area contributed by atoms with E-state index in [2.05, 4.69) is 15.1 Å². The first-order chi connectivity index (χ1) is 5.86. The van der Waals surface area contributed by atoms with Gasteiger partial charge in [-0.2, -0.15) is 0 Å². The number of nitrogens with one attached hydrogen (secondary N) is 1. The van der Waals surface area contributed by atoms with Crippen LogP contribution in [-0.4, -0.2) is 18.2 Å². The summed E-state index contributed by atoms with van der Waals surface area (Å²) in [4.78, 5) is 2.31. The van der Waals surface area contributed by atoms with Crippen molar-refractivity contribution < 1.29 is 5.10 Å². The zero-order valence-corrected chi connectivity index (χ0v) is 6.95. The van der Waals surface area contributed by atoms with Gasteiger partial charge in [0.15, 0.2) is 5.82 Å². The zero-order valence-electron chi connectivity index (χ0n) is 6.95. The van der Waals surface area contributed by atoms with E-state index in [1.165, 1.54) is 12.8 Å². The largest absolute Gasteiger partial charge is 0.379 e. The number of aromatic amines is 1. The summed E-state index contributed by atoms with van der Waals surface area (Å²) in [7, 11) is 0. The van der Waals surface area contributed by atoms with Gasteiger partial charge >= 0.3 is 0 Å². The number of nitrogens with zero attached hydrogens (tertiary/aromatic N) is 2. The summed E-state index contributed by atoms with van der Waals surface area (Å²) in [5.41, 5.74) is 6.71. The number of hydrogen-bond acceptors (Lipinski definition) is 3. The Hall–Kier alpha value is -1.32. The molecular weight excluding hydrogens is 152 g/mol. The van der Waals surface area contributed by atoms with Crippen molar-refractivity contribution in [3.8, 4) is 0 Å². The number of H-pyrrole nitrogens is 1. The third kappa shape index (κ3) is 1.32. The van der Waals surface area contributed by atoms with Crippen LogP contribution in [-0.2, 0) is 0 Å². The van der Waals surface area contributed by atoms with Crippen molar-refractivity contribution >= 4 is 11.5 Å². The predicted octanol–water partition coefficient (Wildman–Crippen LogP) is 0.0781. The lowest BCUT2D eigenvalue weighted by Gasteiger charge is -2.14. The molecule has 1 aromatic rings. The molecule has 0 aliphatic carbocycles. The third-order valence-electron chi connectivity index (χ3n) is 2.17. The van der Waals surface area contributed by atoms with Crippen LogP contribution >= 0.6 is 0 Å². The molecule has 1 fully saturated rings. The van der Waals surface area contributed by atoms with Gasteiger partial charge in [0.1, 0.15) is 5.69 Å². The molecule has 0 atom stereocenters. The highest BCUT2D eigenvalue weighted by Gasteiger charge is 2.14. The predicted molar refractivity (Wildman–Crippen MR) is 46.7 cm³/mol. The number of aromatic nitrogens is 2. The molecule has 2 rings (SSSR count). The van der Waals surface area contributed by atoms with Crippen molar-refractivity contribution in [1.29, 1.82) is 0 Å². The fraction of sp³-hybridized carbons (Fsp3) is 0.500. The van der Waals surface area contributed by atoms with Crippen LogP contribution in [0.2, 0.25) is 0 Å². The van der Waals surface area contributed by atoms with Gasteiger partial charge in [0.2, 0.25) is 6.20 Å². The molecule has 4 heteroatoms. The maximum absolute atomic E-state index is 5.56. The molecule has 64 valence electrons. The minimum absolute atomic E-state index is 0.555. The lowest BCUT2D eigenvalue weighted by molar-refractivity contribution is -0.452. The summed E-state index contributed by atoms with van der Waals surface area (Å²) in [5.74, 6) is 0.555. The van der Waals surface area contributed by atoms with E-state index >= 15 is 0 Å². The second kappa shape index (κ2) is 2.97. The van der Waals surface area contributed by atoms with E-state index in [4.69, 9.17) is 5.73 Å². The van der Waals surface area contributed by atoms with E-state index in [0.717, 1.165) is 18.8 Å². The van der Waals surface area contributed by atoms with Crippen LogP contribution in [0, 0.1) is 0 Å². The van der Waals surface area contributed by atoms with Gasteiger partial charge in [-0.05, 0) is 12.8 Å². The second-order valence-corrected chi connectivity index (χ2v) is 3.07. The lowest BCUT2D eigenvalue weighted by atomic mass is 10.4. The standard InChI is InChI=1S/C8H12N4/c9-8-5-7(6-10-11-8)12-3-1-2-4-12/h5-6H,1-4H2,(H2,9,11)/p+1. The van der Waals surface area contributed by atoms with Crippen LogP contribution in [0.25, 0.3) is 0 Å². The van der Waals surface area contributed by atoms with Gasteiger partial charge in [-0.3, -0.25) is 0 Å². The fourth-order valence-corrected chi connectivity index (χ4v) is 1.56. The van der Waals surface area contributed by atoms with Gasteiger partial charge in [-0.25, -0.2) is 0 Å². The molecule has 2 heterocycles. The fourth-order valence-electron chi connectivity index (χ4n) is 1.56. The number of anilines is 2. The van der Waals surface area contributed by atoms with Gasteiger partial charge in [0, 0.05) is 24.3 Å². The smallest absolute Gasteiger partial charge is 0.217 e. The van der Waals surface area contributed by atoms with Crippen LogP contribution in [0.3, 0.4) is 0 Å². The molecule has 0 unspecified atom stereocenters. The third-order valence-corrected chi connectivity index (χ3v) is 2.17. The van der Waals surface area contributed by atoms with Crippen LogP contribution < -0.4 is 15.7 Å². The summed E-state index contributed by atoms with van der Waals surface area (Å²) in [6, 6.07) is 1.90. The highest BCUT2D eigenvalue weighted by molar-refractivity contribution is 5.49. The van der Waals surface area contributed by atoms with Crippen LogP contribution in [0.15, 0.2) is 12.3 Å². The maximum Gasteiger partial charge on any atom is 0.217 e. The number of nitrogens with two attached hydrogens (primary N) is 1. The Morgan fingerprint density at radius 2 is 2.17 bits per heavy atom. The SMILES string of the molecule is Nc1cc(N2CCCC2)c[nH+]n1. The molecule has 1 aliphatic rings. The first kappa shape index (κ1) is 7.34. The van der Waals surface area contributed by atoms with E-state index in [1.54, 1.807) is 0 Å². The van der Waals surface area contributed by atoms with E-state index in [9.17, 15) is 0 Å². The molecule has 12 heavy (non-hydrogen) atoms. The number of hydrogen-bond donors (Lipinski definition) is 1. The average Bonchev–Trinajstić information content (AvgIpc) is 2.56. The van der Waals surface area contributed by atoms with E-state index in [1.807, 2.05) is 12.3 Å². The number of nitrogen functional groups attached to an aromatic ring is 1. The molecule has 3 N–H and O–H groups in total. The van der Waals surface area contributed by atoms with Gasteiger partial charge in [0.05, 0.1) is 0 Å². The zero-order chi connectivity index (χ0) is 8.39. The molecule has 0 amide bonds. The number of rotatable bonds is 1. The summed E-state index contributed by atoms with van der Waals surface area (Å²) >= 11 is 0. The Balaban J connectivity index is 2.21. The summed E-state index contributed by atoms with van der Waals surface area (Å²) in [6.07, 6.45) is 4.45. The Morgan fingerprint density at radius 1 is 1.42 bits per heavy atom. The van der Waals surface area contributed by atoms with E-state index < -0.39 is 0 Å². The Kier molecular flexibility index (Phi) is 1.81. The van der Waals surface area contributed by atoms with Crippen molar-refractivity contribution in [2.45, 2.75) is 12.8 Å². The van der Waals surface area contributed by atoms with E-state index in [0.29, 0.717) is 5.82 Å². The van der Waals surface area contributed by atoms with Gasteiger partial charge < -0.3 is 10.6 Å². The molecule has 1 aromatic heterocycles. The highest BCUT2D eigenvalue weighted by Crippen LogP contribution is 2.18. The topological polar surface area (TPSA) is 56.3 Å². The molecular formula is C8H13N4+. The van der Waals surface area contributed by atoms with Gasteiger partial charge in [0.25, 0.3) is 0 Å². The monoisotopic (exact) mass is 165 g/mol. The second-order valence-electron chi connectivity index (χ2n) is 3.07. The molecule has 1 saturated heterocycles. The van der Waals surface area contributed by atoms with Crippen LogP contribution in [0.5, 0.6) is 0 Å². The highest BCUT2D eigenvalue weighted by atomic mass is 15.2. The van der Waals surface area contributed by atoms with Crippen LogP contribution in [0.1, 0.15) is 12.8 Å². The first-order valence-electron chi connectivity index (χ1n) is 4.25. The lowest BCUT2D eigenvalue weighted by Crippen LogP contribution is -2.21. The summed E-state index contributed by atoms with van der Waals surface area (Å²) in [6.45, 7) is 2.27. The molecule has 0 spiro atoms. The van der Waals surface area contributed by atoms with Crippen LogP contribution in [0.4, 0.5) is 11.5 Å². The Bertz CT molecular complexity index is 268. The minimum Gasteiger partial charge on any atom is -0.379 e.